The van der Waals surface area contributed by atoms with Crippen molar-refractivity contribution in [2.45, 2.75) is 0 Å². The van der Waals surface area contributed by atoms with Crippen molar-refractivity contribution in [2.75, 3.05) is 14.1 Å². The van der Waals surface area contributed by atoms with Gasteiger partial charge in [0.15, 0.2) is 5.11 Å². The fraction of sp³-hybridized carbons (Fsp3) is 0.154. The fourth-order valence-electron chi connectivity index (χ4n) is 1.72. The van der Waals surface area contributed by atoms with Gasteiger partial charge in [0.05, 0.1) is 0 Å². The number of halogens is 1. The van der Waals surface area contributed by atoms with Crippen LogP contribution >= 0.6 is 23.8 Å². The molecule has 1 aliphatic heterocycles. The number of thiocarbonyl (C=S) groups is 1. The minimum absolute atomic E-state index is 0.0479. The molecule has 2 amide bonds. The fourth-order valence-corrected chi connectivity index (χ4v) is 2.08. The highest BCUT2D eigenvalue weighted by Gasteiger charge is 2.35. The van der Waals surface area contributed by atoms with Crippen LogP contribution in [0.1, 0.15) is 5.56 Å². The molecular weight excluding hydrogens is 284 g/mol. The summed E-state index contributed by atoms with van der Waals surface area (Å²) in [7, 11) is 3.07. The quantitative estimate of drug-likeness (QED) is 0.451. The van der Waals surface area contributed by atoms with Crippen LogP contribution in [0.3, 0.4) is 0 Å². The van der Waals surface area contributed by atoms with E-state index in [1.54, 1.807) is 24.3 Å². The summed E-state index contributed by atoms with van der Waals surface area (Å²) in [5.74, 6) is -0.846. The summed E-state index contributed by atoms with van der Waals surface area (Å²) in [6.07, 6.45) is 1.49. The maximum Gasteiger partial charge on any atom is 0.265 e. The zero-order valence-electron chi connectivity index (χ0n) is 10.4. The lowest BCUT2D eigenvalue weighted by atomic mass is 10.1. The molecule has 19 heavy (non-hydrogen) atoms. The van der Waals surface area contributed by atoms with Crippen LogP contribution in [0.25, 0.3) is 6.08 Å². The van der Waals surface area contributed by atoms with Gasteiger partial charge < -0.3 is 0 Å². The Kier molecular flexibility index (Phi) is 3.68. The number of likely N-dealkylation sites (N-methyl/N-ethyl adjacent to an activating group) is 2. The number of hydrogen-bond donors (Lipinski definition) is 0. The van der Waals surface area contributed by atoms with E-state index in [-0.39, 0.29) is 10.7 Å². The second-order valence-corrected chi connectivity index (χ2v) is 4.86. The number of carbonyl (C=O) groups excluding carboxylic acids is 2. The minimum Gasteiger partial charge on any atom is -0.288 e. The molecule has 0 spiro atoms. The minimum atomic E-state index is -0.423. The van der Waals surface area contributed by atoms with Gasteiger partial charge in [-0.25, -0.2) is 0 Å². The number of carbonyl (C=O) groups is 2. The van der Waals surface area contributed by atoms with Crippen LogP contribution in [0.5, 0.6) is 0 Å². The molecule has 1 aromatic carbocycles. The highest BCUT2D eigenvalue weighted by molar-refractivity contribution is 7.80. The van der Waals surface area contributed by atoms with Gasteiger partial charge >= 0.3 is 0 Å². The van der Waals surface area contributed by atoms with E-state index < -0.39 is 11.8 Å². The summed E-state index contributed by atoms with van der Waals surface area (Å²) in [5, 5.41) is 0.667. The van der Waals surface area contributed by atoms with Gasteiger partial charge in [0.1, 0.15) is 5.57 Å². The molecule has 0 bridgehead atoms. The first-order chi connectivity index (χ1) is 8.93. The number of amides is 2. The molecule has 1 fully saturated rings. The molecule has 1 saturated heterocycles. The van der Waals surface area contributed by atoms with Crippen LogP contribution in [0.2, 0.25) is 5.02 Å². The van der Waals surface area contributed by atoms with Crippen molar-refractivity contribution in [2.24, 2.45) is 0 Å². The van der Waals surface area contributed by atoms with Gasteiger partial charge in [-0.2, -0.15) is 0 Å². The average Bonchev–Trinajstić information content (AvgIpc) is 2.41. The van der Waals surface area contributed by atoms with Crippen molar-refractivity contribution in [3.8, 4) is 0 Å². The van der Waals surface area contributed by atoms with Gasteiger partial charge in [0, 0.05) is 19.1 Å². The Morgan fingerprint density at radius 2 is 1.63 bits per heavy atom. The first kappa shape index (κ1) is 13.7. The molecule has 0 atom stereocenters. The Morgan fingerprint density at radius 1 is 1.11 bits per heavy atom. The molecule has 0 aliphatic carbocycles. The largest absolute Gasteiger partial charge is 0.288 e. The Bertz CT molecular complexity index is 586. The van der Waals surface area contributed by atoms with Crippen LogP contribution in [0.15, 0.2) is 29.8 Å². The summed E-state index contributed by atoms with van der Waals surface area (Å²) in [6.45, 7) is 0. The van der Waals surface area contributed by atoms with Crippen molar-refractivity contribution in [3.05, 3.63) is 40.4 Å². The molecular formula is C13H11ClN2O2S. The van der Waals surface area contributed by atoms with Crippen molar-refractivity contribution in [1.29, 1.82) is 0 Å². The standard InChI is InChI=1S/C13H11ClN2O2S/c1-15-11(17)9(12(18)16(2)13(15)19)7-8-5-3-4-6-10(8)14/h3-7H,1-2H3. The third-order valence-corrected chi connectivity index (χ3v) is 3.74. The lowest BCUT2D eigenvalue weighted by Crippen LogP contribution is -2.52. The van der Waals surface area contributed by atoms with Crippen LogP contribution in [0.4, 0.5) is 0 Å². The van der Waals surface area contributed by atoms with E-state index in [1.807, 2.05) is 0 Å². The summed E-state index contributed by atoms with van der Waals surface area (Å²) < 4.78 is 0. The van der Waals surface area contributed by atoms with E-state index >= 15 is 0 Å². The van der Waals surface area contributed by atoms with E-state index in [0.29, 0.717) is 10.6 Å². The summed E-state index contributed by atoms with van der Waals surface area (Å²) in [6, 6.07) is 7.00. The Balaban J connectivity index is 2.49. The highest BCUT2D eigenvalue weighted by atomic mass is 35.5. The molecule has 1 aliphatic rings. The third-order valence-electron chi connectivity index (χ3n) is 2.85. The van der Waals surface area contributed by atoms with E-state index in [2.05, 4.69) is 0 Å². The van der Waals surface area contributed by atoms with E-state index in [9.17, 15) is 9.59 Å². The van der Waals surface area contributed by atoms with Gasteiger partial charge in [-0.3, -0.25) is 19.4 Å². The van der Waals surface area contributed by atoms with Crippen molar-refractivity contribution in [1.82, 2.24) is 9.80 Å². The molecule has 0 N–H and O–H groups in total. The molecule has 98 valence electrons. The van der Waals surface area contributed by atoms with Gasteiger partial charge in [-0.15, -0.1) is 0 Å². The summed E-state index contributed by atoms with van der Waals surface area (Å²) in [4.78, 5) is 26.7. The molecule has 4 nitrogen and oxygen atoms in total. The zero-order valence-corrected chi connectivity index (χ0v) is 12.0. The lowest BCUT2D eigenvalue weighted by molar-refractivity contribution is -0.132. The van der Waals surface area contributed by atoms with Crippen LogP contribution in [-0.4, -0.2) is 40.8 Å². The number of benzene rings is 1. The second-order valence-electron chi connectivity index (χ2n) is 4.09. The molecule has 6 heteroatoms. The first-order valence-corrected chi connectivity index (χ1v) is 6.28. The molecule has 1 aromatic rings. The predicted molar refractivity (Wildman–Crippen MR) is 77.6 cm³/mol. The second kappa shape index (κ2) is 5.11. The zero-order chi connectivity index (χ0) is 14.2. The van der Waals surface area contributed by atoms with Crippen LogP contribution < -0.4 is 0 Å². The SMILES string of the molecule is CN1C(=O)C(=Cc2ccccc2Cl)C(=O)N(C)C1=S. The van der Waals surface area contributed by atoms with Gasteiger partial charge in [0.25, 0.3) is 11.8 Å². The Morgan fingerprint density at radius 3 is 2.16 bits per heavy atom. The van der Waals surface area contributed by atoms with E-state index in [4.69, 9.17) is 23.8 Å². The van der Waals surface area contributed by atoms with Crippen molar-refractivity contribution >= 4 is 46.8 Å². The summed E-state index contributed by atoms with van der Waals surface area (Å²) >= 11 is 11.0. The average molecular weight is 295 g/mol. The lowest BCUT2D eigenvalue weighted by Gasteiger charge is -2.31. The van der Waals surface area contributed by atoms with Gasteiger partial charge in [-0.05, 0) is 29.9 Å². The summed E-state index contributed by atoms with van der Waals surface area (Å²) in [5.41, 5.74) is 0.669. The topological polar surface area (TPSA) is 40.6 Å². The molecule has 0 saturated carbocycles. The Labute approximate surface area is 121 Å². The Hall–Kier alpha value is -1.72. The van der Waals surface area contributed by atoms with E-state index in [0.717, 1.165) is 0 Å². The predicted octanol–water partition coefficient (Wildman–Crippen LogP) is 1.94. The maximum absolute atomic E-state index is 12.1. The van der Waals surface area contributed by atoms with E-state index in [1.165, 1.54) is 30.0 Å². The maximum atomic E-state index is 12.1. The molecule has 1 heterocycles. The van der Waals surface area contributed by atoms with Crippen LogP contribution in [-0.2, 0) is 9.59 Å². The monoisotopic (exact) mass is 294 g/mol. The number of hydrogen-bond acceptors (Lipinski definition) is 3. The van der Waals surface area contributed by atoms with Crippen LogP contribution in [0, 0.1) is 0 Å². The van der Waals surface area contributed by atoms with Gasteiger partial charge in [-0.1, -0.05) is 29.8 Å². The molecule has 2 rings (SSSR count). The van der Waals surface area contributed by atoms with Crippen molar-refractivity contribution < 1.29 is 9.59 Å². The number of rotatable bonds is 1. The first-order valence-electron chi connectivity index (χ1n) is 5.49. The van der Waals surface area contributed by atoms with Gasteiger partial charge in [0.2, 0.25) is 0 Å². The third kappa shape index (κ3) is 2.39. The smallest absolute Gasteiger partial charge is 0.265 e. The highest BCUT2D eigenvalue weighted by Crippen LogP contribution is 2.22. The molecule has 0 unspecified atom stereocenters. The molecule has 0 radical (unpaired) electrons. The molecule has 0 aromatic heterocycles. The number of nitrogens with zero attached hydrogens (tertiary/aromatic N) is 2. The van der Waals surface area contributed by atoms with Crippen molar-refractivity contribution in [3.63, 3.8) is 0 Å². The normalized spacial score (nSPS) is 16.2.